The Balaban J connectivity index is 2.69. The van der Waals surface area contributed by atoms with E-state index in [1.165, 1.54) is 6.07 Å². The van der Waals surface area contributed by atoms with Gasteiger partial charge in [0.05, 0.1) is 4.47 Å². The third kappa shape index (κ3) is 3.53. The number of aromatic hydroxyl groups is 1. The van der Waals surface area contributed by atoms with Gasteiger partial charge in [0.1, 0.15) is 5.75 Å². The second-order valence-electron chi connectivity index (χ2n) is 3.25. The molecule has 0 amide bonds. The molecule has 0 heterocycles. The van der Waals surface area contributed by atoms with E-state index in [2.05, 4.69) is 15.9 Å². The number of aliphatic carboxylic acids is 1. The molecular formula is C10H12BrNO3. The fourth-order valence-electron chi connectivity index (χ4n) is 1.21. The van der Waals surface area contributed by atoms with Gasteiger partial charge >= 0.3 is 5.97 Å². The van der Waals surface area contributed by atoms with E-state index in [0.29, 0.717) is 10.9 Å². The molecule has 1 aromatic carbocycles. The highest BCUT2D eigenvalue weighted by molar-refractivity contribution is 9.10. The van der Waals surface area contributed by atoms with Crippen molar-refractivity contribution in [2.45, 2.75) is 18.9 Å². The minimum absolute atomic E-state index is 0.0258. The Labute approximate surface area is 95.8 Å². The molecule has 0 saturated carbocycles. The predicted octanol–water partition coefficient (Wildman–Crippen LogP) is 2.02. The maximum absolute atomic E-state index is 10.3. The average molecular weight is 274 g/mol. The molecule has 0 aliphatic carbocycles. The first-order valence-corrected chi connectivity index (χ1v) is 5.26. The number of phenolic OH excluding ortho intramolecular Hbond substituents is 1. The molecular weight excluding hydrogens is 262 g/mol. The number of carboxylic acids is 1. The Morgan fingerprint density at radius 2 is 2.20 bits per heavy atom. The molecule has 15 heavy (non-hydrogen) atoms. The van der Waals surface area contributed by atoms with Crippen molar-refractivity contribution < 1.29 is 15.0 Å². The first-order valence-electron chi connectivity index (χ1n) is 4.46. The van der Waals surface area contributed by atoms with Gasteiger partial charge in [0.25, 0.3) is 0 Å². The van der Waals surface area contributed by atoms with Gasteiger partial charge in [0.2, 0.25) is 0 Å². The van der Waals surface area contributed by atoms with Crippen LogP contribution < -0.4 is 5.73 Å². The van der Waals surface area contributed by atoms with Crippen LogP contribution in [-0.2, 0) is 4.79 Å². The summed E-state index contributed by atoms with van der Waals surface area (Å²) in [6.07, 6.45) is 0.383. The summed E-state index contributed by atoms with van der Waals surface area (Å²) < 4.78 is 0.594. The van der Waals surface area contributed by atoms with Crippen molar-refractivity contribution in [3.05, 3.63) is 28.2 Å². The van der Waals surface area contributed by atoms with E-state index in [0.717, 1.165) is 5.56 Å². The number of hydrogen-bond donors (Lipinski definition) is 3. The summed E-state index contributed by atoms with van der Waals surface area (Å²) in [6.45, 7) is 0. The first kappa shape index (κ1) is 12.0. The van der Waals surface area contributed by atoms with Gasteiger partial charge in [-0.15, -0.1) is 0 Å². The Kier molecular flexibility index (Phi) is 4.11. The molecule has 0 fully saturated rings. The minimum atomic E-state index is -0.869. The zero-order chi connectivity index (χ0) is 11.4. The number of carboxylic acid groups (broad SMARTS) is 1. The second kappa shape index (κ2) is 5.14. The van der Waals surface area contributed by atoms with Crippen molar-refractivity contribution in [3.63, 3.8) is 0 Å². The van der Waals surface area contributed by atoms with Crippen LogP contribution in [0, 0.1) is 0 Å². The van der Waals surface area contributed by atoms with Crippen molar-refractivity contribution >= 4 is 21.9 Å². The van der Waals surface area contributed by atoms with Crippen LogP contribution >= 0.6 is 15.9 Å². The second-order valence-corrected chi connectivity index (χ2v) is 4.10. The summed E-state index contributed by atoms with van der Waals surface area (Å²) >= 11 is 3.16. The van der Waals surface area contributed by atoms with E-state index in [-0.39, 0.29) is 18.2 Å². The zero-order valence-corrected chi connectivity index (χ0v) is 9.57. The van der Waals surface area contributed by atoms with E-state index >= 15 is 0 Å². The highest BCUT2D eigenvalue weighted by atomic mass is 79.9. The van der Waals surface area contributed by atoms with Crippen molar-refractivity contribution in [1.82, 2.24) is 0 Å². The topological polar surface area (TPSA) is 83.6 Å². The minimum Gasteiger partial charge on any atom is -0.507 e. The number of rotatable bonds is 4. The van der Waals surface area contributed by atoms with Gasteiger partial charge in [-0.25, -0.2) is 0 Å². The van der Waals surface area contributed by atoms with E-state index < -0.39 is 5.97 Å². The standard InChI is InChI=1S/C10H12BrNO3/c11-7-2-1-6(5-9(7)13)8(12)3-4-10(14)15/h1-2,5,8,13H,3-4,12H2,(H,14,15). The van der Waals surface area contributed by atoms with Gasteiger partial charge in [-0.1, -0.05) is 6.07 Å². The number of phenols is 1. The molecule has 0 aliphatic heterocycles. The lowest BCUT2D eigenvalue weighted by Crippen LogP contribution is -2.12. The summed E-state index contributed by atoms with van der Waals surface area (Å²) in [6, 6.07) is 4.62. The van der Waals surface area contributed by atoms with Crippen LogP contribution in [0.4, 0.5) is 0 Å². The van der Waals surface area contributed by atoms with Crippen LogP contribution in [0.3, 0.4) is 0 Å². The van der Waals surface area contributed by atoms with Crippen LogP contribution in [0.25, 0.3) is 0 Å². The normalized spacial score (nSPS) is 12.4. The Morgan fingerprint density at radius 1 is 1.53 bits per heavy atom. The molecule has 1 unspecified atom stereocenters. The lowest BCUT2D eigenvalue weighted by Gasteiger charge is -2.11. The van der Waals surface area contributed by atoms with Crippen molar-refractivity contribution in [2.24, 2.45) is 5.73 Å². The van der Waals surface area contributed by atoms with Crippen LogP contribution in [0.2, 0.25) is 0 Å². The number of benzene rings is 1. The molecule has 0 bridgehead atoms. The molecule has 1 aromatic rings. The third-order valence-corrected chi connectivity index (χ3v) is 2.74. The molecule has 0 aromatic heterocycles. The van der Waals surface area contributed by atoms with Crippen LogP contribution in [-0.4, -0.2) is 16.2 Å². The number of carbonyl (C=O) groups is 1. The zero-order valence-electron chi connectivity index (χ0n) is 7.98. The van der Waals surface area contributed by atoms with E-state index in [1.54, 1.807) is 12.1 Å². The van der Waals surface area contributed by atoms with Crippen LogP contribution in [0.1, 0.15) is 24.4 Å². The fourth-order valence-corrected chi connectivity index (χ4v) is 1.45. The molecule has 0 radical (unpaired) electrons. The summed E-state index contributed by atoms with van der Waals surface area (Å²) in [5.74, 6) is -0.759. The monoisotopic (exact) mass is 273 g/mol. The highest BCUT2D eigenvalue weighted by Crippen LogP contribution is 2.27. The quantitative estimate of drug-likeness (QED) is 0.784. The summed E-state index contributed by atoms with van der Waals surface area (Å²) in [5, 5.41) is 17.9. The highest BCUT2D eigenvalue weighted by Gasteiger charge is 2.10. The van der Waals surface area contributed by atoms with Crippen molar-refractivity contribution in [3.8, 4) is 5.75 Å². The maximum atomic E-state index is 10.3. The van der Waals surface area contributed by atoms with E-state index in [4.69, 9.17) is 10.8 Å². The van der Waals surface area contributed by atoms with E-state index in [9.17, 15) is 9.90 Å². The Hall–Kier alpha value is -1.07. The third-order valence-electron chi connectivity index (χ3n) is 2.07. The smallest absolute Gasteiger partial charge is 0.303 e. The molecule has 1 atom stereocenters. The Bertz CT molecular complexity index is 368. The molecule has 1 rings (SSSR count). The van der Waals surface area contributed by atoms with Crippen molar-refractivity contribution in [2.75, 3.05) is 0 Å². The van der Waals surface area contributed by atoms with Gasteiger partial charge in [-0.3, -0.25) is 4.79 Å². The first-order chi connectivity index (χ1) is 7.00. The largest absolute Gasteiger partial charge is 0.507 e. The van der Waals surface area contributed by atoms with Gasteiger partial charge in [-0.2, -0.15) is 0 Å². The van der Waals surface area contributed by atoms with Gasteiger partial charge in [0.15, 0.2) is 0 Å². The molecule has 5 heteroatoms. The van der Waals surface area contributed by atoms with E-state index in [1.807, 2.05) is 0 Å². The number of nitrogens with two attached hydrogens (primary N) is 1. The lowest BCUT2D eigenvalue weighted by atomic mass is 10.0. The fraction of sp³-hybridized carbons (Fsp3) is 0.300. The van der Waals surface area contributed by atoms with Gasteiger partial charge < -0.3 is 15.9 Å². The number of hydrogen-bond acceptors (Lipinski definition) is 3. The molecule has 82 valence electrons. The SMILES string of the molecule is NC(CCC(=O)O)c1ccc(Br)c(O)c1. The molecule has 0 spiro atoms. The van der Waals surface area contributed by atoms with Crippen LogP contribution in [0.15, 0.2) is 22.7 Å². The summed E-state index contributed by atoms with van der Waals surface area (Å²) in [5.41, 5.74) is 6.51. The van der Waals surface area contributed by atoms with Gasteiger partial charge in [0, 0.05) is 12.5 Å². The molecule has 4 nitrogen and oxygen atoms in total. The lowest BCUT2D eigenvalue weighted by molar-refractivity contribution is -0.137. The molecule has 0 saturated heterocycles. The van der Waals surface area contributed by atoms with Crippen molar-refractivity contribution in [1.29, 1.82) is 0 Å². The summed E-state index contributed by atoms with van der Waals surface area (Å²) in [7, 11) is 0. The molecule has 0 aliphatic rings. The predicted molar refractivity (Wildman–Crippen MR) is 59.6 cm³/mol. The Morgan fingerprint density at radius 3 is 2.73 bits per heavy atom. The van der Waals surface area contributed by atoms with Crippen LogP contribution in [0.5, 0.6) is 5.75 Å². The summed E-state index contributed by atoms with van der Waals surface area (Å²) in [4.78, 5) is 10.3. The molecule has 4 N–H and O–H groups in total. The maximum Gasteiger partial charge on any atom is 0.303 e. The number of halogens is 1. The average Bonchev–Trinajstić information content (AvgIpc) is 2.18. The van der Waals surface area contributed by atoms with Gasteiger partial charge in [-0.05, 0) is 40.0 Å².